The number of hydrogen-bond acceptors (Lipinski definition) is 3. The van der Waals surface area contributed by atoms with Crippen LogP contribution >= 0.6 is 0 Å². The molecular formula is C15H21NO3. The normalized spacial score (nSPS) is 19.8. The molecule has 1 atom stereocenters. The fourth-order valence-electron chi connectivity index (χ4n) is 2.24. The molecule has 1 aromatic rings. The van der Waals surface area contributed by atoms with Gasteiger partial charge in [0.15, 0.2) is 0 Å². The molecule has 104 valence electrons. The van der Waals surface area contributed by atoms with E-state index >= 15 is 0 Å². The lowest BCUT2D eigenvalue weighted by Crippen LogP contribution is -2.46. The fraction of sp³-hybridized carbons (Fsp3) is 0.533. The molecule has 1 fully saturated rings. The van der Waals surface area contributed by atoms with Gasteiger partial charge in [0.2, 0.25) is 5.91 Å². The van der Waals surface area contributed by atoms with Crippen molar-refractivity contribution in [2.24, 2.45) is 0 Å². The third-order valence-electron chi connectivity index (χ3n) is 3.40. The quantitative estimate of drug-likeness (QED) is 0.875. The first-order valence-corrected chi connectivity index (χ1v) is 6.75. The Bertz CT molecular complexity index is 416. The Morgan fingerprint density at radius 3 is 2.79 bits per heavy atom. The number of morpholine rings is 1. The molecule has 0 spiro atoms. The van der Waals surface area contributed by atoms with Crippen LogP contribution in [-0.4, -0.2) is 41.8 Å². The minimum atomic E-state index is 0.0424. The van der Waals surface area contributed by atoms with E-state index in [9.17, 15) is 4.79 Å². The fourth-order valence-corrected chi connectivity index (χ4v) is 2.24. The minimum Gasteiger partial charge on any atom is -0.396 e. The van der Waals surface area contributed by atoms with Crippen LogP contribution in [0, 0.1) is 6.92 Å². The van der Waals surface area contributed by atoms with Crippen LogP contribution in [-0.2, 0) is 16.1 Å². The van der Waals surface area contributed by atoms with Crippen molar-refractivity contribution in [2.45, 2.75) is 32.4 Å². The van der Waals surface area contributed by atoms with Crippen molar-refractivity contribution in [2.75, 3.05) is 19.8 Å². The van der Waals surface area contributed by atoms with Gasteiger partial charge in [-0.2, -0.15) is 0 Å². The van der Waals surface area contributed by atoms with Gasteiger partial charge in [-0.15, -0.1) is 0 Å². The molecule has 0 aliphatic carbocycles. The monoisotopic (exact) mass is 263 g/mol. The molecule has 1 saturated heterocycles. The molecule has 1 aromatic carbocycles. The van der Waals surface area contributed by atoms with Crippen molar-refractivity contribution in [3.63, 3.8) is 0 Å². The number of rotatable bonds is 5. The van der Waals surface area contributed by atoms with E-state index in [1.165, 1.54) is 5.56 Å². The van der Waals surface area contributed by atoms with Crippen LogP contribution in [0.15, 0.2) is 24.3 Å². The lowest BCUT2D eigenvalue weighted by atomic mass is 10.1. The zero-order valence-electron chi connectivity index (χ0n) is 11.3. The first kappa shape index (κ1) is 14.0. The lowest BCUT2D eigenvalue weighted by Gasteiger charge is -2.32. The van der Waals surface area contributed by atoms with Gasteiger partial charge in [0.05, 0.1) is 6.10 Å². The van der Waals surface area contributed by atoms with Crippen LogP contribution in [0.25, 0.3) is 0 Å². The third-order valence-corrected chi connectivity index (χ3v) is 3.40. The highest BCUT2D eigenvalue weighted by Crippen LogP contribution is 2.15. The van der Waals surface area contributed by atoms with E-state index in [0.717, 1.165) is 18.4 Å². The molecule has 2 rings (SSSR count). The van der Waals surface area contributed by atoms with Crippen LogP contribution in [0.2, 0.25) is 0 Å². The maximum Gasteiger partial charge on any atom is 0.248 e. The smallest absolute Gasteiger partial charge is 0.248 e. The molecule has 4 nitrogen and oxygen atoms in total. The number of benzene rings is 1. The van der Waals surface area contributed by atoms with Crippen molar-refractivity contribution in [3.8, 4) is 0 Å². The van der Waals surface area contributed by atoms with Gasteiger partial charge in [0.25, 0.3) is 0 Å². The van der Waals surface area contributed by atoms with Crippen LogP contribution in [0.1, 0.15) is 24.0 Å². The Hall–Kier alpha value is -1.39. The zero-order chi connectivity index (χ0) is 13.7. The first-order chi connectivity index (χ1) is 9.19. The second kappa shape index (κ2) is 6.68. The largest absolute Gasteiger partial charge is 0.396 e. The van der Waals surface area contributed by atoms with Gasteiger partial charge in [-0.05, 0) is 25.3 Å². The Balaban J connectivity index is 1.93. The van der Waals surface area contributed by atoms with E-state index in [2.05, 4.69) is 31.2 Å². The Morgan fingerprint density at radius 2 is 2.11 bits per heavy atom. The maximum atomic E-state index is 11.8. The number of carbonyl (C=O) groups is 1. The van der Waals surface area contributed by atoms with Gasteiger partial charge in [-0.3, -0.25) is 4.79 Å². The number of amides is 1. The number of ether oxygens (including phenoxy) is 1. The molecule has 1 heterocycles. The van der Waals surface area contributed by atoms with Crippen molar-refractivity contribution < 1.29 is 14.6 Å². The van der Waals surface area contributed by atoms with Crippen LogP contribution in [0.3, 0.4) is 0 Å². The molecule has 0 radical (unpaired) electrons. The van der Waals surface area contributed by atoms with Crippen LogP contribution in [0.5, 0.6) is 0 Å². The predicted octanol–water partition coefficient (Wildman–Crippen LogP) is 1.49. The van der Waals surface area contributed by atoms with E-state index in [0.29, 0.717) is 13.1 Å². The minimum absolute atomic E-state index is 0.0424. The van der Waals surface area contributed by atoms with Gasteiger partial charge >= 0.3 is 0 Å². The maximum absolute atomic E-state index is 11.8. The lowest BCUT2D eigenvalue weighted by molar-refractivity contribution is -0.150. The number of aliphatic hydroxyl groups is 1. The molecule has 1 N–H and O–H groups in total. The number of carbonyl (C=O) groups excluding carboxylic acids is 1. The zero-order valence-corrected chi connectivity index (χ0v) is 11.3. The molecule has 1 amide bonds. The summed E-state index contributed by atoms with van der Waals surface area (Å²) in [6.07, 6.45) is 1.57. The van der Waals surface area contributed by atoms with E-state index in [4.69, 9.17) is 9.84 Å². The molecule has 1 aliphatic heterocycles. The van der Waals surface area contributed by atoms with Crippen LogP contribution in [0.4, 0.5) is 0 Å². The molecular weight excluding hydrogens is 242 g/mol. The highest BCUT2D eigenvalue weighted by Gasteiger charge is 2.25. The van der Waals surface area contributed by atoms with E-state index < -0.39 is 0 Å². The summed E-state index contributed by atoms with van der Waals surface area (Å²) >= 11 is 0. The predicted molar refractivity (Wildman–Crippen MR) is 72.7 cm³/mol. The molecule has 0 aromatic heterocycles. The summed E-state index contributed by atoms with van der Waals surface area (Å²) in [7, 11) is 0. The number of nitrogens with zero attached hydrogens (tertiary/aromatic N) is 1. The van der Waals surface area contributed by atoms with Crippen molar-refractivity contribution in [3.05, 3.63) is 35.4 Å². The second-order valence-electron chi connectivity index (χ2n) is 5.06. The molecule has 4 heteroatoms. The molecule has 0 saturated carbocycles. The summed E-state index contributed by atoms with van der Waals surface area (Å²) < 4.78 is 5.48. The summed E-state index contributed by atoms with van der Waals surface area (Å²) in [5, 5.41) is 8.84. The van der Waals surface area contributed by atoms with E-state index in [-0.39, 0.29) is 25.2 Å². The number of hydrogen-bond donors (Lipinski definition) is 1. The summed E-state index contributed by atoms with van der Waals surface area (Å²) in [5.74, 6) is 0.0424. The summed E-state index contributed by atoms with van der Waals surface area (Å²) in [5.41, 5.74) is 2.36. The van der Waals surface area contributed by atoms with Gasteiger partial charge in [0, 0.05) is 19.7 Å². The third kappa shape index (κ3) is 4.04. The van der Waals surface area contributed by atoms with Crippen molar-refractivity contribution >= 4 is 5.91 Å². The van der Waals surface area contributed by atoms with Gasteiger partial charge in [0.1, 0.15) is 6.61 Å². The van der Waals surface area contributed by atoms with Crippen molar-refractivity contribution in [1.29, 1.82) is 0 Å². The number of aliphatic hydroxyl groups excluding tert-OH is 1. The Labute approximate surface area is 114 Å². The topological polar surface area (TPSA) is 49.8 Å². The second-order valence-corrected chi connectivity index (χ2v) is 5.06. The van der Waals surface area contributed by atoms with Gasteiger partial charge in [-0.25, -0.2) is 0 Å². The van der Waals surface area contributed by atoms with E-state index in [1.54, 1.807) is 0 Å². The first-order valence-electron chi connectivity index (χ1n) is 6.75. The highest BCUT2D eigenvalue weighted by molar-refractivity contribution is 5.78. The van der Waals surface area contributed by atoms with Gasteiger partial charge in [-0.1, -0.05) is 29.8 Å². The average Bonchev–Trinajstić information content (AvgIpc) is 2.42. The van der Waals surface area contributed by atoms with Crippen molar-refractivity contribution in [1.82, 2.24) is 4.90 Å². The summed E-state index contributed by atoms with van der Waals surface area (Å²) in [6.45, 7) is 3.63. The molecule has 1 aliphatic rings. The summed E-state index contributed by atoms with van der Waals surface area (Å²) in [6, 6.07) is 8.23. The molecule has 19 heavy (non-hydrogen) atoms. The van der Waals surface area contributed by atoms with Crippen LogP contribution < -0.4 is 0 Å². The Morgan fingerprint density at radius 1 is 1.37 bits per heavy atom. The standard InChI is InChI=1S/C15H21NO3/c1-12-4-6-13(7-5-12)9-16-10-14(3-2-8-17)19-11-15(16)18/h4-7,14,17H,2-3,8-11H2,1H3. The van der Waals surface area contributed by atoms with E-state index in [1.807, 2.05) is 4.90 Å². The number of aryl methyl sites for hydroxylation is 1. The van der Waals surface area contributed by atoms with Gasteiger partial charge < -0.3 is 14.7 Å². The highest BCUT2D eigenvalue weighted by atomic mass is 16.5. The molecule has 0 bridgehead atoms. The Kier molecular flexibility index (Phi) is 4.93. The average molecular weight is 263 g/mol. The SMILES string of the molecule is Cc1ccc(CN2CC(CCCO)OCC2=O)cc1. The molecule has 1 unspecified atom stereocenters. The summed E-state index contributed by atoms with van der Waals surface area (Å²) in [4.78, 5) is 13.7.